The van der Waals surface area contributed by atoms with Gasteiger partial charge < -0.3 is 0 Å². The Morgan fingerprint density at radius 2 is 1.65 bits per heavy atom. The van der Waals surface area contributed by atoms with Crippen LogP contribution in [0, 0.1) is 39.8 Å². The summed E-state index contributed by atoms with van der Waals surface area (Å²) in [6.45, 7) is 0. The summed E-state index contributed by atoms with van der Waals surface area (Å²) >= 11 is 0. The lowest BCUT2D eigenvalue weighted by atomic mass is 9.59. The first kappa shape index (κ1) is 17.6. The smallest absolute Gasteiger partial charge is 0.157 e. The van der Waals surface area contributed by atoms with Crippen LogP contribution in [-0.2, 0) is 4.79 Å². The van der Waals surface area contributed by atoms with Crippen molar-refractivity contribution in [2.75, 3.05) is 0 Å². The van der Waals surface area contributed by atoms with Gasteiger partial charge in [-0.25, -0.2) is 4.39 Å². The van der Waals surface area contributed by atoms with E-state index in [1.807, 2.05) is 36.4 Å². The Kier molecular flexibility index (Phi) is 4.96. The molecule has 0 heterocycles. The lowest BCUT2D eigenvalue weighted by molar-refractivity contribution is -0.123. The van der Waals surface area contributed by atoms with Gasteiger partial charge in [-0.2, -0.15) is 10.5 Å². The van der Waals surface area contributed by atoms with Crippen molar-refractivity contribution >= 4 is 11.9 Å². The van der Waals surface area contributed by atoms with Gasteiger partial charge in [-0.3, -0.25) is 4.79 Å². The third-order valence-electron chi connectivity index (χ3n) is 4.98. The number of ketones is 1. The van der Waals surface area contributed by atoms with Crippen molar-refractivity contribution in [2.45, 2.75) is 18.8 Å². The number of allylic oxidation sites excluding steroid dienone is 1. The van der Waals surface area contributed by atoms with Crippen LogP contribution in [0.1, 0.15) is 29.9 Å². The Balaban J connectivity index is 2.02. The predicted molar refractivity (Wildman–Crippen MR) is 96.0 cm³/mol. The molecule has 1 aliphatic carbocycles. The van der Waals surface area contributed by atoms with Crippen LogP contribution in [0.2, 0.25) is 0 Å². The van der Waals surface area contributed by atoms with Crippen LogP contribution < -0.4 is 0 Å². The summed E-state index contributed by atoms with van der Waals surface area (Å²) in [4.78, 5) is 12.3. The van der Waals surface area contributed by atoms with Gasteiger partial charge in [0.05, 0.1) is 12.1 Å². The van der Waals surface area contributed by atoms with Crippen molar-refractivity contribution in [3.63, 3.8) is 0 Å². The van der Waals surface area contributed by atoms with Gasteiger partial charge >= 0.3 is 0 Å². The standard InChI is InChI=1S/C22H17FN2O/c23-19-10-7-17(8-11-19)21-13-20(26)12-18(22(21,14-24)15-25)9-6-16-4-2-1-3-5-16/h1-11,18,21H,12-13H2/b9-6+/t18-,21+/m1/s1. The fraction of sp³-hybridized carbons (Fsp3) is 0.227. The number of rotatable bonds is 3. The molecule has 0 unspecified atom stereocenters. The molecule has 0 radical (unpaired) electrons. The van der Waals surface area contributed by atoms with Crippen LogP contribution in [0.15, 0.2) is 60.7 Å². The van der Waals surface area contributed by atoms with Crippen molar-refractivity contribution in [1.29, 1.82) is 10.5 Å². The van der Waals surface area contributed by atoms with Gasteiger partial charge in [0.1, 0.15) is 11.6 Å². The van der Waals surface area contributed by atoms with E-state index in [1.54, 1.807) is 18.2 Å². The summed E-state index contributed by atoms with van der Waals surface area (Å²) in [6, 6.07) is 19.6. The van der Waals surface area contributed by atoms with Crippen molar-refractivity contribution < 1.29 is 9.18 Å². The van der Waals surface area contributed by atoms with Gasteiger partial charge in [0.15, 0.2) is 5.41 Å². The molecule has 0 aromatic heterocycles. The molecule has 2 atom stereocenters. The van der Waals surface area contributed by atoms with E-state index in [0.717, 1.165) is 5.56 Å². The minimum absolute atomic E-state index is 0.00293. The molecule has 1 aliphatic rings. The van der Waals surface area contributed by atoms with E-state index < -0.39 is 23.1 Å². The lowest BCUT2D eigenvalue weighted by Crippen LogP contribution is -2.40. The molecule has 0 bridgehead atoms. The molecule has 2 aromatic rings. The van der Waals surface area contributed by atoms with Gasteiger partial charge in [-0.1, -0.05) is 54.6 Å². The molecule has 1 saturated carbocycles. The highest BCUT2D eigenvalue weighted by molar-refractivity contribution is 5.82. The Morgan fingerprint density at radius 1 is 1.00 bits per heavy atom. The largest absolute Gasteiger partial charge is 0.300 e. The first-order valence-corrected chi connectivity index (χ1v) is 8.42. The Labute approximate surface area is 152 Å². The summed E-state index contributed by atoms with van der Waals surface area (Å²) in [7, 11) is 0. The molecule has 0 amide bonds. The van der Waals surface area contributed by atoms with Crippen LogP contribution >= 0.6 is 0 Å². The zero-order valence-corrected chi connectivity index (χ0v) is 14.1. The molecule has 3 nitrogen and oxygen atoms in total. The zero-order chi connectivity index (χ0) is 18.6. The summed E-state index contributed by atoms with van der Waals surface area (Å²) in [5, 5.41) is 19.8. The number of hydrogen-bond donors (Lipinski definition) is 0. The third-order valence-corrected chi connectivity index (χ3v) is 4.98. The summed E-state index contributed by atoms with van der Waals surface area (Å²) < 4.78 is 13.3. The molecule has 3 rings (SSSR count). The van der Waals surface area contributed by atoms with Gasteiger partial charge in [0, 0.05) is 24.7 Å². The molecule has 4 heteroatoms. The summed E-state index contributed by atoms with van der Waals surface area (Å²) in [5.74, 6) is -1.49. The molecule has 128 valence electrons. The van der Waals surface area contributed by atoms with E-state index in [-0.39, 0.29) is 18.6 Å². The number of halogens is 1. The van der Waals surface area contributed by atoms with Crippen LogP contribution in [0.5, 0.6) is 0 Å². The fourth-order valence-electron chi connectivity index (χ4n) is 3.57. The van der Waals surface area contributed by atoms with E-state index in [4.69, 9.17) is 0 Å². The minimum atomic E-state index is -1.36. The van der Waals surface area contributed by atoms with E-state index >= 15 is 0 Å². The number of carbonyl (C=O) groups excluding carboxylic acids is 1. The minimum Gasteiger partial charge on any atom is -0.300 e. The Morgan fingerprint density at radius 3 is 2.27 bits per heavy atom. The third kappa shape index (κ3) is 3.27. The average molecular weight is 344 g/mol. The second-order valence-corrected chi connectivity index (χ2v) is 6.52. The lowest BCUT2D eigenvalue weighted by Gasteiger charge is -2.38. The molecule has 1 fully saturated rings. The number of nitriles is 2. The van der Waals surface area contributed by atoms with Crippen LogP contribution in [0.3, 0.4) is 0 Å². The van der Waals surface area contributed by atoms with Crippen molar-refractivity contribution in [2.24, 2.45) is 11.3 Å². The molecular weight excluding hydrogens is 327 g/mol. The van der Waals surface area contributed by atoms with Crippen LogP contribution in [0.4, 0.5) is 4.39 Å². The fourth-order valence-corrected chi connectivity index (χ4v) is 3.57. The Bertz CT molecular complexity index is 890. The molecule has 0 aliphatic heterocycles. The molecule has 0 spiro atoms. The normalized spacial score (nSPS) is 21.9. The maximum absolute atomic E-state index is 13.3. The number of nitrogens with zero attached hydrogens (tertiary/aromatic N) is 2. The second-order valence-electron chi connectivity index (χ2n) is 6.52. The summed E-state index contributed by atoms with van der Waals surface area (Å²) in [6.07, 6.45) is 3.90. The van der Waals surface area contributed by atoms with Crippen LogP contribution in [0.25, 0.3) is 6.08 Å². The van der Waals surface area contributed by atoms with Gasteiger partial charge in [0.2, 0.25) is 0 Å². The second kappa shape index (κ2) is 7.33. The maximum atomic E-state index is 13.3. The van der Waals surface area contributed by atoms with Gasteiger partial charge in [-0.05, 0) is 23.3 Å². The van der Waals surface area contributed by atoms with Crippen molar-refractivity contribution in [3.8, 4) is 12.1 Å². The molecule has 0 N–H and O–H groups in total. The number of carbonyl (C=O) groups is 1. The molecule has 0 saturated heterocycles. The summed E-state index contributed by atoms with van der Waals surface area (Å²) in [5.41, 5.74) is 0.214. The first-order chi connectivity index (χ1) is 12.6. The predicted octanol–water partition coefficient (Wildman–Crippen LogP) is 4.64. The first-order valence-electron chi connectivity index (χ1n) is 8.42. The van der Waals surface area contributed by atoms with Gasteiger partial charge in [0.25, 0.3) is 0 Å². The Hall–Kier alpha value is -3.24. The van der Waals surface area contributed by atoms with Gasteiger partial charge in [-0.15, -0.1) is 0 Å². The highest BCUT2D eigenvalue weighted by Crippen LogP contribution is 2.49. The number of benzene rings is 2. The maximum Gasteiger partial charge on any atom is 0.157 e. The average Bonchev–Trinajstić information content (AvgIpc) is 2.67. The molecule has 26 heavy (non-hydrogen) atoms. The van der Waals surface area contributed by atoms with E-state index in [1.165, 1.54) is 12.1 Å². The van der Waals surface area contributed by atoms with Crippen molar-refractivity contribution in [1.82, 2.24) is 0 Å². The highest BCUT2D eigenvalue weighted by atomic mass is 19.1. The van der Waals surface area contributed by atoms with Crippen molar-refractivity contribution in [3.05, 3.63) is 77.6 Å². The SMILES string of the molecule is N#CC1(C#N)[C@H](/C=C/c2ccccc2)CC(=O)C[C@H]1c1ccc(F)cc1. The van der Waals surface area contributed by atoms with E-state index in [0.29, 0.717) is 5.56 Å². The quantitative estimate of drug-likeness (QED) is 0.815. The number of Topliss-reactive ketones (excluding diaryl/α,β-unsaturated/α-hetero) is 1. The zero-order valence-electron chi connectivity index (χ0n) is 14.1. The van der Waals surface area contributed by atoms with E-state index in [2.05, 4.69) is 12.1 Å². The van der Waals surface area contributed by atoms with Crippen LogP contribution in [-0.4, -0.2) is 5.78 Å². The topological polar surface area (TPSA) is 64.7 Å². The number of hydrogen-bond acceptors (Lipinski definition) is 3. The van der Waals surface area contributed by atoms with E-state index in [9.17, 15) is 19.7 Å². The molecule has 2 aromatic carbocycles. The monoisotopic (exact) mass is 344 g/mol. The molecular formula is C22H17FN2O. The highest BCUT2D eigenvalue weighted by Gasteiger charge is 2.51.